The van der Waals surface area contributed by atoms with Crippen LogP contribution in [-0.4, -0.2) is 9.38 Å². The molecule has 0 unspecified atom stereocenters. The van der Waals surface area contributed by atoms with Crippen molar-refractivity contribution >= 4 is 81.7 Å². The molecule has 3 heteroatoms. The summed E-state index contributed by atoms with van der Waals surface area (Å²) in [6.45, 7) is 0. The lowest BCUT2D eigenvalue weighted by atomic mass is 9.93. The first-order valence-electron chi connectivity index (χ1n) is 17.8. The minimum atomic E-state index is 0.892. The SMILES string of the molecule is c1ccc(-c2nc3cc(-c4cccc(-c5cc6c7ccccc7n7c8ccccc8c(c5)c67)c4)ccc3c3c2ccc2oc4ccccc4c23)cc1. The van der Waals surface area contributed by atoms with Gasteiger partial charge in [-0.1, -0.05) is 115 Å². The zero-order valence-electron chi connectivity index (χ0n) is 28.0. The van der Waals surface area contributed by atoms with Crippen molar-refractivity contribution in [2.75, 3.05) is 0 Å². The van der Waals surface area contributed by atoms with E-state index in [1.165, 1.54) is 54.6 Å². The molecule has 0 spiro atoms. The third kappa shape index (κ3) is 3.77. The van der Waals surface area contributed by atoms with Crippen LogP contribution in [0.15, 0.2) is 174 Å². The van der Waals surface area contributed by atoms with Crippen molar-refractivity contribution < 1.29 is 4.42 Å². The monoisotopic (exact) mass is 660 g/mol. The number of benzene rings is 8. The fourth-order valence-corrected chi connectivity index (χ4v) is 8.80. The van der Waals surface area contributed by atoms with Gasteiger partial charge in [-0.3, -0.25) is 0 Å². The van der Waals surface area contributed by atoms with Crippen molar-refractivity contribution in [1.82, 2.24) is 9.38 Å². The molecule has 4 heterocycles. The fourth-order valence-electron chi connectivity index (χ4n) is 8.80. The van der Waals surface area contributed by atoms with Crippen molar-refractivity contribution in [2.24, 2.45) is 0 Å². The lowest BCUT2D eigenvalue weighted by Crippen LogP contribution is -1.91. The third-order valence-corrected chi connectivity index (χ3v) is 11.1. The van der Waals surface area contributed by atoms with Crippen LogP contribution >= 0.6 is 0 Å². The maximum absolute atomic E-state index is 6.37. The average molecular weight is 661 g/mol. The second-order valence-electron chi connectivity index (χ2n) is 13.9. The summed E-state index contributed by atoms with van der Waals surface area (Å²) in [5, 5.41) is 10.8. The summed E-state index contributed by atoms with van der Waals surface area (Å²) in [5.41, 5.74) is 13.3. The van der Waals surface area contributed by atoms with E-state index in [0.29, 0.717) is 0 Å². The highest BCUT2D eigenvalue weighted by atomic mass is 16.3. The van der Waals surface area contributed by atoms with Crippen LogP contribution in [0.25, 0.3) is 115 Å². The van der Waals surface area contributed by atoms with Gasteiger partial charge in [0.2, 0.25) is 0 Å². The molecule has 0 saturated heterocycles. The summed E-state index contributed by atoms with van der Waals surface area (Å²) in [6.07, 6.45) is 0. The van der Waals surface area contributed by atoms with Crippen molar-refractivity contribution in [3.05, 3.63) is 170 Å². The zero-order chi connectivity index (χ0) is 33.9. The topological polar surface area (TPSA) is 30.4 Å². The lowest BCUT2D eigenvalue weighted by Gasteiger charge is -2.13. The van der Waals surface area contributed by atoms with E-state index in [4.69, 9.17) is 9.40 Å². The van der Waals surface area contributed by atoms with E-state index >= 15 is 0 Å². The van der Waals surface area contributed by atoms with E-state index in [2.05, 4.69) is 168 Å². The van der Waals surface area contributed by atoms with Crippen molar-refractivity contribution in [1.29, 1.82) is 0 Å². The molecule has 0 saturated carbocycles. The first-order chi connectivity index (χ1) is 25.8. The second-order valence-corrected chi connectivity index (χ2v) is 13.9. The number of pyridine rings is 1. The molecule has 0 N–H and O–H groups in total. The van der Waals surface area contributed by atoms with Crippen LogP contribution in [0.3, 0.4) is 0 Å². The minimum absolute atomic E-state index is 0.892. The second kappa shape index (κ2) is 10.3. The minimum Gasteiger partial charge on any atom is -0.456 e. The highest BCUT2D eigenvalue weighted by Crippen LogP contribution is 2.44. The van der Waals surface area contributed by atoms with E-state index < -0.39 is 0 Å². The summed E-state index contributed by atoms with van der Waals surface area (Å²) >= 11 is 0. The van der Waals surface area contributed by atoms with Gasteiger partial charge in [0.1, 0.15) is 11.2 Å². The Hall–Kier alpha value is -6.97. The van der Waals surface area contributed by atoms with Gasteiger partial charge in [0.25, 0.3) is 0 Å². The molecular formula is C49H28N2O. The number of hydrogen-bond acceptors (Lipinski definition) is 2. The fraction of sp³-hybridized carbons (Fsp3) is 0. The number of furan rings is 1. The standard InChI is InChI=1S/C49H28N2O/c1-2-11-29(12-3-1)48-38-23-24-45-47(37-17-6-9-20-44(37)52-45)46(38)36-22-21-32(28-41(36)50-48)30-13-10-14-31(25-30)33-26-39-34-15-4-7-18-42(34)51-43-19-8-5-16-35(43)40(27-33)49(39)51/h1-28H. The molecule has 0 atom stereocenters. The van der Waals surface area contributed by atoms with Gasteiger partial charge in [-0.15, -0.1) is 0 Å². The van der Waals surface area contributed by atoms with Crippen LogP contribution in [0, 0.1) is 0 Å². The molecule has 0 aliphatic heterocycles. The van der Waals surface area contributed by atoms with Crippen LogP contribution in [0.2, 0.25) is 0 Å². The normalized spacial score (nSPS) is 12.2. The van der Waals surface area contributed by atoms with Crippen molar-refractivity contribution in [2.45, 2.75) is 0 Å². The Labute approximate surface area is 297 Å². The molecule has 0 aliphatic rings. The molecule has 4 aromatic heterocycles. The number of fused-ring (bicyclic) bond motifs is 13. The van der Waals surface area contributed by atoms with E-state index in [1.807, 2.05) is 6.07 Å². The van der Waals surface area contributed by atoms with Crippen LogP contribution in [0.4, 0.5) is 0 Å². The van der Waals surface area contributed by atoms with E-state index in [-0.39, 0.29) is 0 Å². The van der Waals surface area contributed by atoms with Crippen molar-refractivity contribution in [3.63, 3.8) is 0 Å². The third-order valence-electron chi connectivity index (χ3n) is 11.1. The molecule has 0 bridgehead atoms. The molecule has 0 aliphatic carbocycles. The Balaban J connectivity index is 1.08. The Morgan fingerprint density at radius 1 is 0.365 bits per heavy atom. The van der Waals surface area contributed by atoms with Crippen LogP contribution in [0.1, 0.15) is 0 Å². The van der Waals surface area contributed by atoms with Gasteiger partial charge in [0, 0.05) is 54.0 Å². The smallest absolute Gasteiger partial charge is 0.136 e. The van der Waals surface area contributed by atoms with E-state index in [1.54, 1.807) is 0 Å². The molecule has 240 valence electrons. The number of aromatic nitrogens is 2. The average Bonchev–Trinajstić information content (AvgIpc) is 3.87. The van der Waals surface area contributed by atoms with Crippen LogP contribution in [-0.2, 0) is 0 Å². The van der Waals surface area contributed by atoms with Gasteiger partial charge >= 0.3 is 0 Å². The summed E-state index contributed by atoms with van der Waals surface area (Å²) in [6, 6.07) is 61.1. The highest BCUT2D eigenvalue weighted by Gasteiger charge is 2.20. The quantitative estimate of drug-likeness (QED) is 0.177. The summed E-state index contributed by atoms with van der Waals surface area (Å²) < 4.78 is 8.80. The Kier molecular flexibility index (Phi) is 5.50. The molecule has 0 radical (unpaired) electrons. The zero-order valence-corrected chi connectivity index (χ0v) is 28.0. The Bertz CT molecular complexity index is 3320. The predicted octanol–water partition coefficient (Wildman–Crippen LogP) is 13.4. The van der Waals surface area contributed by atoms with E-state index in [0.717, 1.165) is 60.6 Å². The van der Waals surface area contributed by atoms with Gasteiger partial charge in [0.05, 0.1) is 27.8 Å². The Morgan fingerprint density at radius 3 is 1.75 bits per heavy atom. The van der Waals surface area contributed by atoms with Gasteiger partial charge in [-0.2, -0.15) is 0 Å². The number of rotatable bonds is 3. The summed E-state index contributed by atoms with van der Waals surface area (Å²) in [7, 11) is 0. The number of hydrogen-bond donors (Lipinski definition) is 0. The maximum atomic E-state index is 6.37. The predicted molar refractivity (Wildman–Crippen MR) is 217 cm³/mol. The molecule has 52 heavy (non-hydrogen) atoms. The lowest BCUT2D eigenvalue weighted by molar-refractivity contribution is 0.669. The van der Waals surface area contributed by atoms with E-state index in [9.17, 15) is 0 Å². The molecule has 3 nitrogen and oxygen atoms in total. The molecule has 12 aromatic rings. The maximum Gasteiger partial charge on any atom is 0.136 e. The molecule has 0 fully saturated rings. The Morgan fingerprint density at radius 2 is 0.981 bits per heavy atom. The molecule has 8 aromatic carbocycles. The number of para-hydroxylation sites is 3. The van der Waals surface area contributed by atoms with Gasteiger partial charge in [0.15, 0.2) is 0 Å². The first kappa shape index (κ1) is 27.8. The largest absolute Gasteiger partial charge is 0.456 e. The molecule has 0 amide bonds. The number of nitrogens with zero attached hydrogens (tertiary/aromatic N) is 2. The highest BCUT2D eigenvalue weighted by molar-refractivity contribution is 6.28. The first-order valence-corrected chi connectivity index (χ1v) is 17.8. The van der Waals surface area contributed by atoms with Gasteiger partial charge < -0.3 is 8.82 Å². The molecule has 12 rings (SSSR count). The summed E-state index contributed by atoms with van der Waals surface area (Å²) in [5.74, 6) is 0. The molecular weight excluding hydrogens is 633 g/mol. The van der Waals surface area contributed by atoms with Gasteiger partial charge in [-0.05, 0) is 76.9 Å². The van der Waals surface area contributed by atoms with Crippen LogP contribution < -0.4 is 0 Å². The van der Waals surface area contributed by atoms with Crippen LogP contribution in [0.5, 0.6) is 0 Å². The van der Waals surface area contributed by atoms with Gasteiger partial charge in [-0.25, -0.2) is 4.98 Å². The summed E-state index contributed by atoms with van der Waals surface area (Å²) in [4.78, 5) is 5.39. The van der Waals surface area contributed by atoms with Crippen molar-refractivity contribution in [3.8, 4) is 33.5 Å².